The topological polar surface area (TPSA) is 8.17 Å². The summed E-state index contributed by atoms with van der Waals surface area (Å²) in [6, 6.07) is 13.1. The van der Waals surface area contributed by atoms with E-state index in [0.29, 0.717) is 0 Å². The van der Waals surface area contributed by atoms with Crippen LogP contribution in [0, 0.1) is 5.82 Å². The summed E-state index contributed by atoms with van der Waals surface area (Å²) in [5.41, 5.74) is 5.35. The van der Waals surface area contributed by atoms with E-state index in [9.17, 15) is 4.39 Å². The summed E-state index contributed by atoms with van der Waals surface area (Å²) in [7, 11) is 2.18. The SMILES string of the molecule is CN1CCc2c(n(CCCc3ccc(F)cc3)c3ccc(Cl)cc23)C1. The molecule has 2 aromatic carbocycles. The van der Waals surface area contributed by atoms with Crippen molar-refractivity contribution in [2.24, 2.45) is 0 Å². The quantitative estimate of drug-likeness (QED) is 0.634. The van der Waals surface area contributed by atoms with E-state index in [-0.39, 0.29) is 5.82 Å². The number of aromatic nitrogens is 1. The average Bonchev–Trinajstić information content (AvgIpc) is 2.89. The van der Waals surface area contributed by atoms with Gasteiger partial charge in [-0.25, -0.2) is 4.39 Å². The van der Waals surface area contributed by atoms with E-state index in [0.717, 1.165) is 43.9 Å². The van der Waals surface area contributed by atoms with Crippen molar-refractivity contribution in [2.75, 3.05) is 13.6 Å². The van der Waals surface area contributed by atoms with Crippen LogP contribution in [0.5, 0.6) is 0 Å². The number of hydrogen-bond donors (Lipinski definition) is 0. The summed E-state index contributed by atoms with van der Waals surface area (Å²) in [4.78, 5) is 2.37. The molecule has 1 aromatic heterocycles. The molecule has 0 fully saturated rings. The second-order valence-corrected chi connectivity index (χ2v) is 7.39. The lowest BCUT2D eigenvalue weighted by Crippen LogP contribution is -2.27. The fourth-order valence-electron chi connectivity index (χ4n) is 3.89. The highest BCUT2D eigenvalue weighted by Gasteiger charge is 2.22. The van der Waals surface area contributed by atoms with Crippen molar-refractivity contribution < 1.29 is 4.39 Å². The van der Waals surface area contributed by atoms with Crippen LogP contribution in [-0.4, -0.2) is 23.1 Å². The number of nitrogens with zero attached hydrogens (tertiary/aromatic N) is 2. The number of halogens is 2. The third-order valence-electron chi connectivity index (χ3n) is 5.17. The highest BCUT2D eigenvalue weighted by molar-refractivity contribution is 6.31. The van der Waals surface area contributed by atoms with E-state index in [1.54, 1.807) is 12.1 Å². The molecular weight excluding hydrogens is 335 g/mol. The molecule has 0 radical (unpaired) electrons. The standard InChI is InChI=1S/C21H22ClFN2/c1-24-12-10-18-19-13-16(22)6-9-20(19)25(21(18)14-24)11-2-3-15-4-7-17(23)8-5-15/h4-9,13H,2-3,10-12,14H2,1H3. The Morgan fingerprint density at radius 3 is 2.72 bits per heavy atom. The lowest BCUT2D eigenvalue weighted by Gasteiger charge is -2.24. The first kappa shape index (κ1) is 16.6. The molecule has 0 amide bonds. The lowest BCUT2D eigenvalue weighted by atomic mass is 10.0. The Balaban J connectivity index is 1.62. The lowest BCUT2D eigenvalue weighted by molar-refractivity contribution is 0.302. The minimum atomic E-state index is -0.172. The number of hydrogen-bond acceptors (Lipinski definition) is 1. The van der Waals surface area contributed by atoms with Gasteiger partial charge in [0.25, 0.3) is 0 Å². The Labute approximate surface area is 152 Å². The van der Waals surface area contributed by atoms with Gasteiger partial charge in [-0.15, -0.1) is 0 Å². The van der Waals surface area contributed by atoms with Gasteiger partial charge in [0.05, 0.1) is 0 Å². The first-order valence-electron chi connectivity index (χ1n) is 8.84. The normalized spacial score (nSPS) is 14.8. The van der Waals surface area contributed by atoms with Gasteiger partial charge >= 0.3 is 0 Å². The molecule has 0 unspecified atom stereocenters. The van der Waals surface area contributed by atoms with Crippen molar-refractivity contribution in [1.82, 2.24) is 9.47 Å². The Kier molecular flexibility index (Phi) is 4.53. The smallest absolute Gasteiger partial charge is 0.123 e. The molecule has 0 atom stereocenters. The minimum absolute atomic E-state index is 0.172. The fraction of sp³-hybridized carbons (Fsp3) is 0.333. The van der Waals surface area contributed by atoms with Crippen molar-refractivity contribution >= 4 is 22.5 Å². The average molecular weight is 357 g/mol. The van der Waals surface area contributed by atoms with Crippen LogP contribution in [0.25, 0.3) is 10.9 Å². The van der Waals surface area contributed by atoms with Gasteiger partial charge in [0, 0.05) is 41.3 Å². The summed E-state index contributed by atoms with van der Waals surface area (Å²) in [5.74, 6) is -0.172. The van der Waals surface area contributed by atoms with Crippen molar-refractivity contribution in [3.05, 3.63) is 70.1 Å². The Morgan fingerprint density at radius 2 is 1.92 bits per heavy atom. The van der Waals surface area contributed by atoms with Gasteiger partial charge in [0.15, 0.2) is 0 Å². The predicted molar refractivity (Wildman–Crippen MR) is 102 cm³/mol. The molecule has 25 heavy (non-hydrogen) atoms. The van der Waals surface area contributed by atoms with Crippen LogP contribution >= 0.6 is 11.6 Å². The molecule has 1 aliphatic rings. The molecule has 0 saturated heterocycles. The van der Waals surface area contributed by atoms with E-state index in [2.05, 4.69) is 28.6 Å². The molecule has 2 nitrogen and oxygen atoms in total. The van der Waals surface area contributed by atoms with Gasteiger partial charge in [0.2, 0.25) is 0 Å². The van der Waals surface area contributed by atoms with E-state index in [1.165, 1.54) is 27.7 Å². The number of benzene rings is 2. The molecule has 0 N–H and O–H groups in total. The summed E-state index contributed by atoms with van der Waals surface area (Å²) in [6.07, 6.45) is 3.07. The van der Waals surface area contributed by atoms with Crippen molar-refractivity contribution in [2.45, 2.75) is 32.4 Å². The zero-order valence-electron chi connectivity index (χ0n) is 14.4. The van der Waals surface area contributed by atoms with Gasteiger partial charge in [-0.05, 0) is 67.8 Å². The highest BCUT2D eigenvalue weighted by atomic mass is 35.5. The van der Waals surface area contributed by atoms with Crippen LogP contribution in [-0.2, 0) is 25.9 Å². The largest absolute Gasteiger partial charge is 0.343 e. The number of aryl methyl sites for hydroxylation is 2. The third-order valence-corrected chi connectivity index (χ3v) is 5.41. The maximum absolute atomic E-state index is 13.0. The molecule has 0 saturated carbocycles. The molecule has 0 spiro atoms. The van der Waals surface area contributed by atoms with Gasteiger partial charge in [-0.2, -0.15) is 0 Å². The molecule has 4 rings (SSSR count). The van der Waals surface area contributed by atoms with Gasteiger partial charge in [-0.1, -0.05) is 23.7 Å². The molecule has 3 aromatic rings. The first-order chi connectivity index (χ1) is 12.1. The Hall–Kier alpha value is -1.84. The van der Waals surface area contributed by atoms with Crippen molar-refractivity contribution in [3.63, 3.8) is 0 Å². The van der Waals surface area contributed by atoms with E-state index < -0.39 is 0 Å². The van der Waals surface area contributed by atoms with Gasteiger partial charge < -0.3 is 9.47 Å². The summed E-state index contributed by atoms with van der Waals surface area (Å²) in [5, 5.41) is 2.11. The number of likely N-dealkylation sites (N-methyl/N-ethyl adjacent to an activating group) is 1. The minimum Gasteiger partial charge on any atom is -0.343 e. The van der Waals surface area contributed by atoms with E-state index >= 15 is 0 Å². The highest BCUT2D eigenvalue weighted by Crippen LogP contribution is 2.32. The third kappa shape index (κ3) is 3.31. The molecule has 2 heterocycles. The Morgan fingerprint density at radius 1 is 1.12 bits per heavy atom. The molecule has 0 bridgehead atoms. The second kappa shape index (κ2) is 6.81. The van der Waals surface area contributed by atoms with Crippen LogP contribution in [0.15, 0.2) is 42.5 Å². The van der Waals surface area contributed by atoms with Gasteiger partial charge in [0.1, 0.15) is 5.82 Å². The van der Waals surface area contributed by atoms with Crippen LogP contribution < -0.4 is 0 Å². The Bertz CT molecular complexity index is 898. The molecular formula is C21H22ClFN2. The maximum Gasteiger partial charge on any atom is 0.123 e. The molecule has 0 aliphatic carbocycles. The number of rotatable bonds is 4. The van der Waals surface area contributed by atoms with Crippen LogP contribution in [0.3, 0.4) is 0 Å². The summed E-state index contributed by atoms with van der Waals surface area (Å²) >= 11 is 6.25. The summed E-state index contributed by atoms with van der Waals surface area (Å²) < 4.78 is 15.5. The molecule has 1 aliphatic heterocycles. The first-order valence-corrected chi connectivity index (χ1v) is 9.22. The van der Waals surface area contributed by atoms with Crippen LogP contribution in [0.2, 0.25) is 5.02 Å². The monoisotopic (exact) mass is 356 g/mol. The predicted octanol–water partition coefficient (Wildman–Crippen LogP) is 5.05. The van der Waals surface area contributed by atoms with Gasteiger partial charge in [-0.3, -0.25) is 0 Å². The summed E-state index contributed by atoms with van der Waals surface area (Å²) in [6.45, 7) is 3.05. The van der Waals surface area contributed by atoms with E-state index in [1.807, 2.05) is 18.2 Å². The van der Waals surface area contributed by atoms with Crippen molar-refractivity contribution in [3.8, 4) is 0 Å². The number of fused-ring (bicyclic) bond motifs is 3. The molecule has 4 heteroatoms. The van der Waals surface area contributed by atoms with Crippen LogP contribution in [0.4, 0.5) is 4.39 Å². The second-order valence-electron chi connectivity index (χ2n) is 6.96. The van der Waals surface area contributed by atoms with Crippen molar-refractivity contribution in [1.29, 1.82) is 0 Å². The fourth-order valence-corrected chi connectivity index (χ4v) is 4.07. The van der Waals surface area contributed by atoms with Crippen LogP contribution in [0.1, 0.15) is 23.2 Å². The zero-order valence-corrected chi connectivity index (χ0v) is 15.2. The van der Waals surface area contributed by atoms with E-state index in [4.69, 9.17) is 11.6 Å². The molecule has 130 valence electrons. The zero-order chi connectivity index (χ0) is 17.4. The maximum atomic E-state index is 13.0.